The maximum absolute atomic E-state index is 12.8. The third-order valence-corrected chi connectivity index (χ3v) is 6.09. The molecule has 0 unspecified atom stereocenters. The van der Waals surface area contributed by atoms with Crippen molar-refractivity contribution in [3.05, 3.63) is 54.2 Å². The zero-order chi connectivity index (χ0) is 19.7. The van der Waals surface area contributed by atoms with Crippen LogP contribution < -0.4 is 14.2 Å². The van der Waals surface area contributed by atoms with Gasteiger partial charge in [-0.25, -0.2) is 13.1 Å². The molecule has 0 radical (unpaired) electrons. The van der Waals surface area contributed by atoms with Crippen molar-refractivity contribution >= 4 is 20.9 Å². The molecule has 0 amide bonds. The molecule has 2 aromatic carbocycles. The first kappa shape index (κ1) is 19.3. The van der Waals surface area contributed by atoms with Gasteiger partial charge in [0, 0.05) is 35.1 Å². The van der Waals surface area contributed by atoms with Gasteiger partial charge in [0.15, 0.2) is 11.5 Å². The largest absolute Gasteiger partial charge is 0.493 e. The van der Waals surface area contributed by atoms with E-state index in [9.17, 15) is 8.42 Å². The van der Waals surface area contributed by atoms with Crippen LogP contribution >= 0.6 is 0 Å². The molecule has 0 fully saturated rings. The summed E-state index contributed by atoms with van der Waals surface area (Å²) >= 11 is 0. The van der Waals surface area contributed by atoms with E-state index in [1.807, 2.05) is 44.3 Å². The number of benzene rings is 2. The first-order valence-electron chi connectivity index (χ1n) is 8.57. The second-order valence-electron chi connectivity index (χ2n) is 6.97. The van der Waals surface area contributed by atoms with Crippen molar-refractivity contribution in [2.24, 2.45) is 0 Å². The normalized spacial score (nSPS) is 12.3. The van der Waals surface area contributed by atoms with Gasteiger partial charge in [-0.15, -0.1) is 0 Å². The molecule has 0 aliphatic rings. The summed E-state index contributed by atoms with van der Waals surface area (Å²) in [6.45, 7) is 4.28. The topological polar surface area (TPSA) is 80.4 Å². The molecule has 0 bridgehead atoms. The van der Waals surface area contributed by atoms with Crippen molar-refractivity contribution in [1.29, 1.82) is 0 Å². The highest BCUT2D eigenvalue weighted by Gasteiger charge is 2.27. The standard InChI is InChI=1S/C20H24N2O4S/c1-20(2,16-12-21-17-8-6-5-7-15(16)17)13-22-27(23,24)14-9-10-18(25-3)19(11-14)26-4/h5-12,21-22H,13H2,1-4H3. The molecule has 0 aliphatic carbocycles. The zero-order valence-electron chi connectivity index (χ0n) is 15.9. The molecule has 3 rings (SSSR count). The molecule has 0 spiro atoms. The Kier molecular flexibility index (Phi) is 5.17. The summed E-state index contributed by atoms with van der Waals surface area (Å²) in [5, 5.41) is 1.09. The van der Waals surface area contributed by atoms with Crippen LogP contribution in [0.4, 0.5) is 0 Å². The highest BCUT2D eigenvalue weighted by molar-refractivity contribution is 7.89. The van der Waals surface area contributed by atoms with Crippen LogP contribution in [0.1, 0.15) is 19.4 Å². The lowest BCUT2D eigenvalue weighted by atomic mass is 9.85. The van der Waals surface area contributed by atoms with Gasteiger partial charge >= 0.3 is 0 Å². The Balaban J connectivity index is 1.84. The van der Waals surface area contributed by atoms with Gasteiger partial charge in [-0.05, 0) is 23.8 Å². The fraction of sp³-hybridized carbons (Fsp3) is 0.300. The molecule has 27 heavy (non-hydrogen) atoms. The number of methoxy groups -OCH3 is 2. The number of hydrogen-bond donors (Lipinski definition) is 2. The number of fused-ring (bicyclic) bond motifs is 1. The number of H-pyrrole nitrogens is 1. The number of aromatic amines is 1. The van der Waals surface area contributed by atoms with Crippen LogP contribution in [0.3, 0.4) is 0 Å². The number of ether oxygens (including phenoxy) is 2. The Bertz CT molecular complexity index is 1050. The molecule has 2 N–H and O–H groups in total. The highest BCUT2D eigenvalue weighted by Crippen LogP contribution is 2.32. The zero-order valence-corrected chi connectivity index (χ0v) is 16.7. The molecule has 7 heteroatoms. The van der Waals surface area contributed by atoms with Gasteiger partial charge in [-0.2, -0.15) is 0 Å². The Morgan fingerprint density at radius 2 is 1.74 bits per heavy atom. The first-order chi connectivity index (χ1) is 12.8. The number of aromatic nitrogens is 1. The summed E-state index contributed by atoms with van der Waals surface area (Å²) in [4.78, 5) is 3.38. The molecule has 1 heterocycles. The predicted molar refractivity (Wildman–Crippen MR) is 106 cm³/mol. The Labute approximate surface area is 159 Å². The van der Waals surface area contributed by atoms with E-state index in [4.69, 9.17) is 9.47 Å². The van der Waals surface area contributed by atoms with Crippen molar-refractivity contribution in [1.82, 2.24) is 9.71 Å². The fourth-order valence-electron chi connectivity index (χ4n) is 3.07. The molecule has 0 saturated heterocycles. The lowest BCUT2D eigenvalue weighted by Crippen LogP contribution is -2.36. The van der Waals surface area contributed by atoms with Crippen LogP contribution in [0, 0.1) is 0 Å². The van der Waals surface area contributed by atoms with Gasteiger partial charge in [0.1, 0.15) is 0 Å². The van der Waals surface area contributed by atoms with E-state index >= 15 is 0 Å². The summed E-state index contributed by atoms with van der Waals surface area (Å²) in [6.07, 6.45) is 1.94. The summed E-state index contributed by atoms with van der Waals surface area (Å²) < 4.78 is 38.6. The SMILES string of the molecule is COc1ccc(S(=O)(=O)NCC(C)(C)c2c[nH]c3ccccc23)cc1OC. The third-order valence-electron chi connectivity index (χ3n) is 4.69. The van der Waals surface area contributed by atoms with Crippen molar-refractivity contribution in [2.45, 2.75) is 24.2 Å². The lowest BCUT2D eigenvalue weighted by Gasteiger charge is -2.25. The average Bonchev–Trinajstić information content (AvgIpc) is 3.11. The first-order valence-corrected chi connectivity index (χ1v) is 10.0. The van der Waals surface area contributed by atoms with Crippen molar-refractivity contribution in [2.75, 3.05) is 20.8 Å². The van der Waals surface area contributed by atoms with Gasteiger partial charge < -0.3 is 14.5 Å². The van der Waals surface area contributed by atoms with E-state index < -0.39 is 15.4 Å². The van der Waals surface area contributed by atoms with Gasteiger partial charge in [-0.3, -0.25) is 0 Å². The second-order valence-corrected chi connectivity index (χ2v) is 8.74. The average molecular weight is 388 g/mol. The van der Waals surface area contributed by atoms with Gasteiger partial charge in [0.25, 0.3) is 0 Å². The minimum atomic E-state index is -3.69. The number of hydrogen-bond acceptors (Lipinski definition) is 4. The minimum absolute atomic E-state index is 0.134. The van der Waals surface area contributed by atoms with Gasteiger partial charge in [0.2, 0.25) is 10.0 Å². The van der Waals surface area contributed by atoms with E-state index in [0.717, 1.165) is 16.5 Å². The summed E-state index contributed by atoms with van der Waals surface area (Å²) in [5.74, 6) is 0.854. The monoisotopic (exact) mass is 388 g/mol. The van der Waals surface area contributed by atoms with E-state index in [0.29, 0.717) is 11.5 Å². The molecule has 3 aromatic rings. The third kappa shape index (κ3) is 3.79. The summed E-state index contributed by atoms with van der Waals surface area (Å²) in [6, 6.07) is 12.5. The molecule has 1 aromatic heterocycles. The predicted octanol–water partition coefficient (Wildman–Crippen LogP) is 3.44. The van der Waals surface area contributed by atoms with Crippen LogP contribution in [0.5, 0.6) is 11.5 Å². The second kappa shape index (κ2) is 7.25. The van der Waals surface area contributed by atoms with Gasteiger partial charge in [0.05, 0.1) is 19.1 Å². The van der Waals surface area contributed by atoms with Gasteiger partial charge in [-0.1, -0.05) is 32.0 Å². The van der Waals surface area contributed by atoms with Crippen LogP contribution in [0.2, 0.25) is 0 Å². The van der Waals surface area contributed by atoms with Crippen molar-refractivity contribution in [3.8, 4) is 11.5 Å². The molecule has 6 nitrogen and oxygen atoms in total. The molecular formula is C20H24N2O4S. The molecule has 0 aliphatic heterocycles. The van der Waals surface area contributed by atoms with Crippen molar-refractivity contribution in [3.63, 3.8) is 0 Å². The Hall–Kier alpha value is -2.51. The number of sulfonamides is 1. The Morgan fingerprint density at radius 1 is 1.04 bits per heavy atom. The number of para-hydroxylation sites is 1. The number of nitrogens with one attached hydrogen (secondary N) is 2. The molecule has 0 atom stereocenters. The molecule has 144 valence electrons. The molecule has 0 saturated carbocycles. The van der Waals surface area contributed by atoms with Crippen LogP contribution in [0.15, 0.2) is 53.6 Å². The maximum atomic E-state index is 12.8. The van der Waals surface area contributed by atoms with E-state index in [1.54, 1.807) is 6.07 Å². The van der Waals surface area contributed by atoms with E-state index in [2.05, 4.69) is 9.71 Å². The van der Waals surface area contributed by atoms with Crippen LogP contribution in [0.25, 0.3) is 10.9 Å². The van der Waals surface area contributed by atoms with E-state index in [-0.39, 0.29) is 11.4 Å². The van der Waals surface area contributed by atoms with E-state index in [1.165, 1.54) is 26.4 Å². The molecular weight excluding hydrogens is 364 g/mol. The highest BCUT2D eigenvalue weighted by atomic mass is 32.2. The summed E-state index contributed by atoms with van der Waals surface area (Å²) in [5.41, 5.74) is 1.69. The smallest absolute Gasteiger partial charge is 0.240 e. The number of rotatable bonds is 7. The van der Waals surface area contributed by atoms with Crippen molar-refractivity contribution < 1.29 is 17.9 Å². The Morgan fingerprint density at radius 3 is 2.44 bits per heavy atom. The van der Waals surface area contributed by atoms with Crippen LogP contribution in [-0.4, -0.2) is 34.2 Å². The fourth-order valence-corrected chi connectivity index (χ4v) is 4.30. The van der Waals surface area contributed by atoms with Crippen LogP contribution in [-0.2, 0) is 15.4 Å². The lowest BCUT2D eigenvalue weighted by molar-refractivity contribution is 0.354. The minimum Gasteiger partial charge on any atom is -0.493 e. The quantitative estimate of drug-likeness (QED) is 0.650. The maximum Gasteiger partial charge on any atom is 0.240 e. The summed E-state index contributed by atoms with van der Waals surface area (Å²) in [7, 11) is -0.709.